The fourth-order valence-electron chi connectivity index (χ4n) is 1.27. The largest absolute Gasteiger partial charge is 0.286 e. The Morgan fingerprint density at radius 3 is 1.80 bits per heavy atom. The summed E-state index contributed by atoms with van der Waals surface area (Å²) in [6.07, 6.45) is 0. The summed E-state index contributed by atoms with van der Waals surface area (Å²) in [4.78, 5) is 12.4. The van der Waals surface area contributed by atoms with Crippen molar-refractivity contribution >= 4 is 81.4 Å². The Labute approximate surface area is 144 Å². The molecular weight excluding hydrogens is 383 g/mol. The van der Waals surface area contributed by atoms with E-state index in [1.165, 1.54) is 0 Å². The minimum Gasteiger partial charge on any atom is -0.286 e. The Kier molecular flexibility index (Phi) is 5.46. The van der Waals surface area contributed by atoms with Crippen LogP contribution in [0.4, 0.5) is 0 Å². The Bertz CT molecular complexity index is 633. The Balaban J connectivity index is 2.33. The molecule has 0 amide bonds. The third-order valence-corrected chi connectivity index (χ3v) is 4.92. The van der Waals surface area contributed by atoms with Crippen LogP contribution in [0.15, 0.2) is 53.7 Å². The van der Waals surface area contributed by atoms with Gasteiger partial charge in [0.1, 0.15) is 15.8 Å². The van der Waals surface area contributed by atoms with Crippen LogP contribution < -0.4 is 0 Å². The molecule has 0 saturated heterocycles. The van der Waals surface area contributed by atoms with Crippen molar-refractivity contribution < 1.29 is 4.79 Å². The van der Waals surface area contributed by atoms with E-state index in [4.69, 9.17) is 58.0 Å². The van der Waals surface area contributed by atoms with Crippen molar-refractivity contribution in [2.24, 2.45) is 4.40 Å². The Hall–Kier alpha value is -0.160. The van der Waals surface area contributed by atoms with Crippen molar-refractivity contribution in [1.82, 2.24) is 0 Å². The van der Waals surface area contributed by atoms with Crippen LogP contribution in [0.5, 0.6) is 0 Å². The molecule has 1 aliphatic carbocycles. The molecule has 0 saturated carbocycles. The second-order valence-electron chi connectivity index (χ2n) is 3.57. The molecular formula is C12H4Cl5NOS. The van der Waals surface area contributed by atoms with Crippen LogP contribution in [0.1, 0.15) is 0 Å². The summed E-state index contributed by atoms with van der Waals surface area (Å²) in [5.41, 5.74) is 0.169. The lowest BCUT2D eigenvalue weighted by atomic mass is 10.1. The maximum Gasteiger partial charge on any atom is 0.218 e. The highest BCUT2D eigenvalue weighted by Crippen LogP contribution is 2.35. The van der Waals surface area contributed by atoms with Gasteiger partial charge in [0.15, 0.2) is 0 Å². The summed E-state index contributed by atoms with van der Waals surface area (Å²) in [5, 5.41) is 0.181. The first-order valence-electron chi connectivity index (χ1n) is 5.08. The maximum atomic E-state index is 11.6. The minimum atomic E-state index is -0.612. The summed E-state index contributed by atoms with van der Waals surface area (Å²) in [6.45, 7) is 0. The predicted octanol–water partition coefficient (Wildman–Crippen LogP) is 5.75. The highest BCUT2D eigenvalue weighted by atomic mass is 35.5. The van der Waals surface area contributed by atoms with E-state index in [1.807, 2.05) is 0 Å². The van der Waals surface area contributed by atoms with E-state index in [0.717, 1.165) is 16.8 Å². The number of nitrogens with zero attached hydrogens (tertiary/aromatic N) is 1. The number of benzene rings is 1. The molecule has 20 heavy (non-hydrogen) atoms. The van der Waals surface area contributed by atoms with Crippen LogP contribution >= 0.6 is 70.0 Å². The number of hydrogen-bond donors (Lipinski definition) is 0. The molecule has 2 rings (SSSR count). The molecule has 0 atom stereocenters. The fraction of sp³-hybridized carbons (Fsp3) is 0. The molecule has 104 valence electrons. The smallest absolute Gasteiger partial charge is 0.218 e. The number of carbonyl (C=O) groups excluding carboxylic acids is 1. The molecule has 0 aromatic heterocycles. The first-order chi connectivity index (χ1) is 9.41. The predicted molar refractivity (Wildman–Crippen MR) is 87.2 cm³/mol. The number of Topliss-reactive ketones (excluding diaryl/α,β-unsaturated/α-hetero) is 1. The lowest BCUT2D eigenvalue weighted by Crippen LogP contribution is -2.15. The number of carbonyl (C=O) groups is 1. The standard InChI is InChI=1S/C12H4Cl5NOS/c13-5-1-3-6(4-2-5)20-18-11-7(14)9(16)12(19)10(17)8(11)15/h1-4H. The molecule has 1 aliphatic rings. The molecule has 0 radical (unpaired) electrons. The van der Waals surface area contributed by atoms with Crippen molar-refractivity contribution in [1.29, 1.82) is 0 Å². The van der Waals surface area contributed by atoms with Gasteiger partial charge in [-0.15, -0.1) is 0 Å². The van der Waals surface area contributed by atoms with Crippen molar-refractivity contribution in [3.63, 3.8) is 0 Å². The lowest BCUT2D eigenvalue weighted by Gasteiger charge is -2.13. The summed E-state index contributed by atoms with van der Waals surface area (Å²) in [7, 11) is 0. The molecule has 2 nitrogen and oxygen atoms in total. The average Bonchev–Trinajstić information content (AvgIpc) is 2.45. The quantitative estimate of drug-likeness (QED) is 0.478. The Morgan fingerprint density at radius 1 is 0.800 bits per heavy atom. The van der Waals surface area contributed by atoms with Gasteiger partial charge in [-0.25, -0.2) is 4.40 Å². The number of halogens is 5. The van der Waals surface area contributed by atoms with E-state index >= 15 is 0 Å². The number of hydrogen-bond acceptors (Lipinski definition) is 3. The number of ketones is 1. The maximum absolute atomic E-state index is 11.6. The van der Waals surface area contributed by atoms with Gasteiger partial charge in [0.25, 0.3) is 0 Å². The van der Waals surface area contributed by atoms with Crippen molar-refractivity contribution in [3.05, 3.63) is 49.4 Å². The SMILES string of the molecule is O=C1C(Cl)=C(Cl)C(=NSc2ccc(Cl)cc2)C(Cl)=C1Cl. The first kappa shape index (κ1) is 16.2. The van der Waals surface area contributed by atoms with Crippen molar-refractivity contribution in [2.75, 3.05) is 0 Å². The topological polar surface area (TPSA) is 29.4 Å². The Morgan fingerprint density at radius 2 is 1.30 bits per heavy atom. The zero-order chi connectivity index (χ0) is 14.9. The van der Waals surface area contributed by atoms with E-state index in [9.17, 15) is 4.79 Å². The van der Waals surface area contributed by atoms with Crippen LogP contribution in [0, 0.1) is 0 Å². The molecule has 0 fully saturated rings. The van der Waals surface area contributed by atoms with Crippen LogP contribution in [0.3, 0.4) is 0 Å². The third kappa shape index (κ3) is 3.35. The van der Waals surface area contributed by atoms with E-state index < -0.39 is 5.78 Å². The fourth-order valence-corrected chi connectivity index (χ4v) is 3.05. The van der Waals surface area contributed by atoms with Crippen molar-refractivity contribution in [2.45, 2.75) is 4.90 Å². The van der Waals surface area contributed by atoms with E-state index in [1.54, 1.807) is 24.3 Å². The van der Waals surface area contributed by atoms with E-state index in [-0.39, 0.29) is 25.8 Å². The minimum absolute atomic E-state index is 0.0208. The molecule has 8 heteroatoms. The normalized spacial score (nSPS) is 16.1. The summed E-state index contributed by atoms with van der Waals surface area (Å²) >= 11 is 30.4. The van der Waals surface area contributed by atoms with Gasteiger partial charge in [0.2, 0.25) is 5.78 Å². The number of rotatable bonds is 2. The summed E-state index contributed by atoms with van der Waals surface area (Å²) in [5.74, 6) is -0.612. The molecule has 1 aromatic rings. The summed E-state index contributed by atoms with van der Waals surface area (Å²) in [6, 6.07) is 7.01. The second kappa shape index (κ2) is 6.73. The summed E-state index contributed by atoms with van der Waals surface area (Å²) < 4.78 is 4.17. The molecule has 0 unspecified atom stereocenters. The monoisotopic (exact) mass is 385 g/mol. The molecule has 0 N–H and O–H groups in total. The molecule has 1 aromatic carbocycles. The van der Waals surface area contributed by atoms with Gasteiger partial charge in [-0.05, 0) is 24.3 Å². The van der Waals surface area contributed by atoms with Crippen LogP contribution in [-0.2, 0) is 4.79 Å². The number of allylic oxidation sites excluding steroid dienone is 4. The molecule has 0 spiro atoms. The van der Waals surface area contributed by atoms with Crippen molar-refractivity contribution in [3.8, 4) is 0 Å². The van der Waals surface area contributed by atoms with Crippen LogP contribution in [-0.4, -0.2) is 11.5 Å². The zero-order valence-electron chi connectivity index (χ0n) is 9.46. The third-order valence-electron chi connectivity index (χ3n) is 2.26. The van der Waals surface area contributed by atoms with Gasteiger partial charge >= 0.3 is 0 Å². The van der Waals surface area contributed by atoms with Gasteiger partial charge in [-0.2, -0.15) is 0 Å². The zero-order valence-corrected chi connectivity index (χ0v) is 14.1. The van der Waals surface area contributed by atoms with Gasteiger partial charge in [0, 0.05) is 21.9 Å². The van der Waals surface area contributed by atoms with E-state index in [0.29, 0.717) is 5.02 Å². The average molecular weight is 388 g/mol. The van der Waals surface area contributed by atoms with Crippen LogP contribution in [0.2, 0.25) is 5.02 Å². The molecule has 0 aliphatic heterocycles. The molecule has 0 heterocycles. The first-order valence-corrected chi connectivity index (χ1v) is 7.74. The van der Waals surface area contributed by atoms with Gasteiger partial charge < -0.3 is 0 Å². The van der Waals surface area contributed by atoms with Gasteiger partial charge in [-0.1, -0.05) is 58.0 Å². The van der Waals surface area contributed by atoms with Gasteiger partial charge in [-0.3, -0.25) is 4.79 Å². The second-order valence-corrected chi connectivity index (χ2v) is 6.36. The highest BCUT2D eigenvalue weighted by molar-refractivity contribution is 7.98. The highest BCUT2D eigenvalue weighted by Gasteiger charge is 2.30. The van der Waals surface area contributed by atoms with Crippen LogP contribution in [0.25, 0.3) is 0 Å². The molecule has 0 bridgehead atoms. The lowest BCUT2D eigenvalue weighted by molar-refractivity contribution is -0.111. The van der Waals surface area contributed by atoms with Gasteiger partial charge in [0.05, 0.1) is 10.1 Å². The van der Waals surface area contributed by atoms with E-state index in [2.05, 4.69) is 4.40 Å².